The molecule has 5 nitrogen and oxygen atoms in total. The van der Waals surface area contributed by atoms with Crippen molar-refractivity contribution in [1.29, 1.82) is 0 Å². The van der Waals surface area contributed by atoms with Crippen molar-refractivity contribution in [3.63, 3.8) is 0 Å². The molecule has 0 unspecified atom stereocenters. The maximum atomic E-state index is 5.41. The van der Waals surface area contributed by atoms with Crippen molar-refractivity contribution in [2.75, 3.05) is 7.11 Å². The Bertz CT molecular complexity index is 799. The first kappa shape index (κ1) is 12.9. The van der Waals surface area contributed by atoms with E-state index in [0.717, 1.165) is 35.6 Å². The Morgan fingerprint density at radius 1 is 1.40 bits per heavy atom. The molecule has 0 aliphatic heterocycles. The maximum absolute atomic E-state index is 5.41. The normalized spacial score (nSPS) is 11.1. The third-order valence-corrected chi connectivity index (χ3v) is 3.79. The molecule has 0 bridgehead atoms. The van der Waals surface area contributed by atoms with Crippen LogP contribution in [-0.4, -0.2) is 26.2 Å². The van der Waals surface area contributed by atoms with E-state index in [2.05, 4.69) is 14.5 Å². The molecule has 0 spiro atoms. The van der Waals surface area contributed by atoms with Crippen LogP contribution in [0.15, 0.2) is 30.6 Å². The number of methoxy groups -OCH3 is 1. The molecule has 0 aliphatic carbocycles. The fourth-order valence-corrected chi connectivity index (χ4v) is 2.69. The number of aromatic nitrogens is 4. The Morgan fingerprint density at radius 2 is 2.25 bits per heavy atom. The summed E-state index contributed by atoms with van der Waals surface area (Å²) in [7, 11) is 3.66. The Morgan fingerprint density at radius 3 is 2.95 bits per heavy atom. The van der Waals surface area contributed by atoms with E-state index in [0.29, 0.717) is 4.77 Å². The number of aromatic amines is 1. The predicted octanol–water partition coefficient (Wildman–Crippen LogP) is 2.68. The number of imidazole rings is 2. The summed E-state index contributed by atoms with van der Waals surface area (Å²) in [4.78, 5) is 7.56. The number of rotatable bonds is 4. The first-order valence-corrected chi connectivity index (χ1v) is 6.83. The SMILES string of the molecule is COc1cccc2c1[nH]c(=S)n2CCc1nccn1C. The average Bonchev–Trinajstić information content (AvgIpc) is 2.99. The maximum Gasteiger partial charge on any atom is 0.178 e. The van der Waals surface area contributed by atoms with Crippen LogP contribution in [0.4, 0.5) is 0 Å². The van der Waals surface area contributed by atoms with Crippen LogP contribution in [0.5, 0.6) is 5.75 Å². The molecular weight excluding hydrogens is 272 g/mol. The highest BCUT2D eigenvalue weighted by Gasteiger charge is 2.09. The van der Waals surface area contributed by atoms with Gasteiger partial charge in [-0.15, -0.1) is 0 Å². The molecule has 20 heavy (non-hydrogen) atoms. The topological polar surface area (TPSA) is 47.8 Å². The molecule has 0 radical (unpaired) electrons. The lowest BCUT2D eigenvalue weighted by molar-refractivity contribution is 0.419. The van der Waals surface area contributed by atoms with Crippen LogP contribution in [-0.2, 0) is 20.0 Å². The molecule has 0 atom stereocenters. The monoisotopic (exact) mass is 288 g/mol. The van der Waals surface area contributed by atoms with E-state index in [4.69, 9.17) is 17.0 Å². The van der Waals surface area contributed by atoms with Gasteiger partial charge in [0.2, 0.25) is 0 Å². The second kappa shape index (κ2) is 5.13. The number of hydrogen-bond acceptors (Lipinski definition) is 3. The van der Waals surface area contributed by atoms with Crippen LogP contribution in [0.25, 0.3) is 11.0 Å². The average molecular weight is 288 g/mol. The molecule has 0 aliphatic rings. The molecule has 104 valence electrons. The van der Waals surface area contributed by atoms with Crippen LogP contribution in [0.1, 0.15) is 5.82 Å². The van der Waals surface area contributed by atoms with Gasteiger partial charge in [0.1, 0.15) is 17.1 Å². The van der Waals surface area contributed by atoms with Crippen molar-refractivity contribution >= 4 is 23.3 Å². The smallest absolute Gasteiger partial charge is 0.178 e. The molecule has 0 saturated heterocycles. The Hall–Kier alpha value is -2.08. The summed E-state index contributed by atoms with van der Waals surface area (Å²) in [6, 6.07) is 5.94. The fraction of sp³-hybridized carbons (Fsp3) is 0.286. The Balaban J connectivity index is 1.98. The van der Waals surface area contributed by atoms with Gasteiger partial charge in [-0.2, -0.15) is 0 Å². The quantitative estimate of drug-likeness (QED) is 0.751. The molecule has 2 aromatic heterocycles. The number of para-hydroxylation sites is 1. The van der Waals surface area contributed by atoms with Crippen molar-refractivity contribution in [1.82, 2.24) is 19.1 Å². The van der Waals surface area contributed by atoms with Gasteiger partial charge in [0, 0.05) is 32.4 Å². The second-order valence-corrected chi connectivity index (χ2v) is 5.03. The van der Waals surface area contributed by atoms with E-state index in [-0.39, 0.29) is 0 Å². The van der Waals surface area contributed by atoms with Crippen molar-refractivity contribution in [3.05, 3.63) is 41.2 Å². The molecule has 1 N–H and O–H groups in total. The van der Waals surface area contributed by atoms with Gasteiger partial charge < -0.3 is 18.9 Å². The van der Waals surface area contributed by atoms with Crippen LogP contribution in [0.3, 0.4) is 0 Å². The molecule has 1 aromatic carbocycles. The molecule has 0 amide bonds. The van der Waals surface area contributed by atoms with Crippen LogP contribution < -0.4 is 4.74 Å². The van der Waals surface area contributed by atoms with E-state index >= 15 is 0 Å². The number of aryl methyl sites for hydroxylation is 3. The lowest BCUT2D eigenvalue weighted by Gasteiger charge is -2.06. The minimum absolute atomic E-state index is 0.707. The van der Waals surface area contributed by atoms with Crippen molar-refractivity contribution in [2.45, 2.75) is 13.0 Å². The van der Waals surface area contributed by atoms with Crippen molar-refractivity contribution in [2.24, 2.45) is 7.05 Å². The Kier molecular flexibility index (Phi) is 3.31. The number of benzene rings is 1. The summed E-state index contributed by atoms with van der Waals surface area (Å²) in [6.07, 6.45) is 4.60. The standard InChI is InChI=1S/C14H16N4OS/c1-17-9-7-15-12(17)6-8-18-10-4-3-5-11(19-2)13(10)16-14(18)20/h3-5,7,9H,6,8H2,1-2H3,(H,16,20). The van der Waals surface area contributed by atoms with Gasteiger partial charge in [0.05, 0.1) is 12.6 Å². The summed E-state index contributed by atoms with van der Waals surface area (Å²) in [5, 5.41) is 0. The lowest BCUT2D eigenvalue weighted by atomic mass is 10.3. The predicted molar refractivity (Wildman–Crippen MR) is 80.6 cm³/mol. The minimum Gasteiger partial charge on any atom is -0.494 e. The number of hydrogen-bond donors (Lipinski definition) is 1. The van der Waals surface area contributed by atoms with Gasteiger partial charge in [-0.3, -0.25) is 0 Å². The zero-order chi connectivity index (χ0) is 14.1. The summed E-state index contributed by atoms with van der Waals surface area (Å²) in [5.41, 5.74) is 2.00. The highest BCUT2D eigenvalue weighted by molar-refractivity contribution is 7.71. The highest BCUT2D eigenvalue weighted by Crippen LogP contribution is 2.24. The van der Waals surface area contributed by atoms with Gasteiger partial charge in [0.25, 0.3) is 0 Å². The second-order valence-electron chi connectivity index (χ2n) is 4.64. The van der Waals surface area contributed by atoms with Gasteiger partial charge in [0.15, 0.2) is 4.77 Å². The highest BCUT2D eigenvalue weighted by atomic mass is 32.1. The molecule has 0 fully saturated rings. The third kappa shape index (κ3) is 2.12. The fourth-order valence-electron chi connectivity index (χ4n) is 2.40. The number of fused-ring (bicyclic) bond motifs is 1. The van der Waals surface area contributed by atoms with Gasteiger partial charge in [-0.1, -0.05) is 6.07 Å². The lowest BCUT2D eigenvalue weighted by Crippen LogP contribution is -2.05. The first-order chi connectivity index (χ1) is 9.70. The summed E-state index contributed by atoms with van der Waals surface area (Å²) in [6.45, 7) is 0.789. The summed E-state index contributed by atoms with van der Waals surface area (Å²) >= 11 is 5.41. The molecule has 3 rings (SSSR count). The van der Waals surface area contributed by atoms with E-state index in [9.17, 15) is 0 Å². The van der Waals surface area contributed by atoms with Gasteiger partial charge in [-0.25, -0.2) is 4.98 Å². The van der Waals surface area contributed by atoms with Crippen LogP contribution >= 0.6 is 12.2 Å². The first-order valence-electron chi connectivity index (χ1n) is 6.42. The number of H-pyrrole nitrogens is 1. The molecule has 6 heteroatoms. The van der Waals surface area contributed by atoms with Crippen LogP contribution in [0.2, 0.25) is 0 Å². The molecule has 0 saturated carbocycles. The minimum atomic E-state index is 0.707. The Labute approximate surface area is 121 Å². The number of nitrogens with zero attached hydrogens (tertiary/aromatic N) is 3. The van der Waals surface area contributed by atoms with E-state index in [1.54, 1.807) is 7.11 Å². The number of nitrogens with one attached hydrogen (secondary N) is 1. The summed E-state index contributed by atoms with van der Waals surface area (Å²) in [5.74, 6) is 1.86. The van der Waals surface area contributed by atoms with Crippen LogP contribution in [0, 0.1) is 4.77 Å². The van der Waals surface area contributed by atoms with Crippen molar-refractivity contribution < 1.29 is 4.74 Å². The zero-order valence-corrected chi connectivity index (χ0v) is 12.3. The van der Waals surface area contributed by atoms with Crippen molar-refractivity contribution in [3.8, 4) is 5.75 Å². The zero-order valence-electron chi connectivity index (χ0n) is 11.5. The largest absolute Gasteiger partial charge is 0.494 e. The molecular formula is C14H16N4OS. The third-order valence-electron chi connectivity index (χ3n) is 3.47. The van der Waals surface area contributed by atoms with Gasteiger partial charge in [-0.05, 0) is 24.4 Å². The summed E-state index contributed by atoms with van der Waals surface area (Å²) < 4.78 is 10.2. The van der Waals surface area contributed by atoms with E-state index in [1.807, 2.05) is 42.2 Å². The van der Waals surface area contributed by atoms with Gasteiger partial charge >= 0.3 is 0 Å². The van der Waals surface area contributed by atoms with E-state index in [1.165, 1.54) is 0 Å². The van der Waals surface area contributed by atoms with E-state index < -0.39 is 0 Å². The molecule has 2 heterocycles. The number of ether oxygens (including phenoxy) is 1. The molecule has 3 aromatic rings.